The van der Waals surface area contributed by atoms with Gasteiger partial charge in [0.2, 0.25) is 0 Å². The van der Waals surface area contributed by atoms with Crippen molar-refractivity contribution in [3.8, 4) is 11.3 Å². The summed E-state index contributed by atoms with van der Waals surface area (Å²) in [7, 11) is 1.89. The third-order valence-electron chi connectivity index (χ3n) is 3.17. The first-order chi connectivity index (χ1) is 10.7. The molecule has 0 unspecified atom stereocenters. The molecule has 0 saturated carbocycles. The highest BCUT2D eigenvalue weighted by atomic mass is 32.1. The van der Waals surface area contributed by atoms with Crippen LogP contribution in [-0.4, -0.2) is 18.2 Å². The van der Waals surface area contributed by atoms with Gasteiger partial charge in [-0.3, -0.25) is 4.99 Å². The molecule has 1 N–H and O–H groups in total. The molecule has 1 aromatic heterocycles. The second-order valence-electron chi connectivity index (χ2n) is 4.81. The minimum atomic E-state index is 0.933. The first kappa shape index (κ1) is 16.2. The first-order valence-corrected chi connectivity index (χ1v) is 8.21. The van der Waals surface area contributed by atoms with Crippen LogP contribution >= 0.6 is 11.3 Å². The van der Waals surface area contributed by atoms with E-state index in [-0.39, 0.29) is 0 Å². The van der Waals surface area contributed by atoms with Gasteiger partial charge < -0.3 is 5.32 Å². The van der Waals surface area contributed by atoms with Gasteiger partial charge >= 0.3 is 0 Å². The van der Waals surface area contributed by atoms with Crippen LogP contribution in [0.2, 0.25) is 0 Å². The smallest absolute Gasteiger partial charge is 0.182 e. The summed E-state index contributed by atoms with van der Waals surface area (Å²) < 4.78 is 0. The summed E-state index contributed by atoms with van der Waals surface area (Å²) in [5, 5.41) is 6.07. The van der Waals surface area contributed by atoms with Crippen LogP contribution in [0.15, 0.2) is 53.0 Å². The topological polar surface area (TPSA) is 37.3 Å². The molecule has 0 radical (unpaired) electrons. The number of hydrogen-bond acceptors (Lipinski definition) is 4. The molecule has 3 nitrogen and oxygen atoms in total. The molecular weight excluding hydrogens is 290 g/mol. The normalized spacial score (nSPS) is 12.4. The van der Waals surface area contributed by atoms with Crippen molar-refractivity contribution < 1.29 is 0 Å². The first-order valence-electron chi connectivity index (χ1n) is 7.33. The number of nitrogens with zero attached hydrogens (tertiary/aromatic N) is 2. The van der Waals surface area contributed by atoms with E-state index in [1.165, 1.54) is 11.1 Å². The molecule has 0 bridgehead atoms. The summed E-state index contributed by atoms with van der Waals surface area (Å²) in [5.41, 5.74) is 4.50. The van der Waals surface area contributed by atoms with Crippen molar-refractivity contribution in [2.45, 2.75) is 20.3 Å². The SMILES string of the molecule is CC/C=C/N=C\C=C(/C)c1cccc(-c2csc(NC)n2)c1. The van der Waals surface area contributed by atoms with Gasteiger partial charge in [0.25, 0.3) is 0 Å². The minimum absolute atomic E-state index is 0.933. The van der Waals surface area contributed by atoms with E-state index in [9.17, 15) is 0 Å². The van der Waals surface area contributed by atoms with Gasteiger partial charge in [-0.1, -0.05) is 31.2 Å². The quantitative estimate of drug-likeness (QED) is 0.740. The van der Waals surface area contributed by atoms with E-state index >= 15 is 0 Å². The van der Waals surface area contributed by atoms with Crippen LogP contribution in [0.4, 0.5) is 5.13 Å². The number of anilines is 1. The Hall–Kier alpha value is -2.20. The lowest BCUT2D eigenvalue weighted by atomic mass is 10.0. The summed E-state index contributed by atoms with van der Waals surface area (Å²) in [5.74, 6) is 0. The molecule has 1 heterocycles. The highest BCUT2D eigenvalue weighted by Gasteiger charge is 2.04. The number of benzene rings is 1. The van der Waals surface area contributed by atoms with E-state index in [1.54, 1.807) is 11.3 Å². The van der Waals surface area contributed by atoms with E-state index in [0.29, 0.717) is 0 Å². The van der Waals surface area contributed by atoms with Crippen molar-refractivity contribution >= 4 is 28.3 Å². The van der Waals surface area contributed by atoms with E-state index in [4.69, 9.17) is 0 Å². The van der Waals surface area contributed by atoms with Gasteiger partial charge in [0.05, 0.1) is 5.69 Å². The number of thiazole rings is 1. The summed E-state index contributed by atoms with van der Waals surface area (Å²) in [6.45, 7) is 4.19. The van der Waals surface area contributed by atoms with Crippen LogP contribution in [0.25, 0.3) is 16.8 Å². The lowest BCUT2D eigenvalue weighted by Gasteiger charge is -2.03. The molecule has 0 fully saturated rings. The fourth-order valence-corrected chi connectivity index (χ4v) is 2.59. The third kappa shape index (κ3) is 4.40. The Morgan fingerprint density at radius 2 is 2.27 bits per heavy atom. The van der Waals surface area contributed by atoms with E-state index < -0.39 is 0 Å². The van der Waals surface area contributed by atoms with Crippen molar-refractivity contribution in [1.29, 1.82) is 0 Å². The monoisotopic (exact) mass is 311 g/mol. The Labute approximate surface area is 136 Å². The molecule has 4 heteroatoms. The van der Waals surface area contributed by atoms with Gasteiger partial charge in [0.1, 0.15) is 0 Å². The molecule has 22 heavy (non-hydrogen) atoms. The zero-order valence-electron chi connectivity index (χ0n) is 13.2. The van der Waals surface area contributed by atoms with E-state index in [1.807, 2.05) is 31.6 Å². The second-order valence-corrected chi connectivity index (χ2v) is 5.67. The molecule has 114 valence electrons. The van der Waals surface area contributed by atoms with Crippen molar-refractivity contribution in [2.75, 3.05) is 12.4 Å². The molecule has 2 rings (SSSR count). The predicted octanol–water partition coefficient (Wildman–Crippen LogP) is 5.25. The molecule has 0 aliphatic carbocycles. The summed E-state index contributed by atoms with van der Waals surface area (Å²) in [6.07, 6.45) is 8.72. The standard InChI is InChI=1S/C18H21N3S/c1-4-5-10-20-11-9-14(2)15-7-6-8-16(12-15)17-13-22-18(19-3)21-17/h5-13H,4H2,1-3H3,(H,19,21)/b10-5+,14-9+,20-11-. The second kappa shape index (κ2) is 8.29. The van der Waals surface area contributed by atoms with Crippen LogP contribution < -0.4 is 5.32 Å². The highest BCUT2D eigenvalue weighted by Crippen LogP contribution is 2.26. The Morgan fingerprint density at radius 3 is 3.00 bits per heavy atom. The molecule has 0 spiro atoms. The van der Waals surface area contributed by atoms with Gasteiger partial charge in [-0.2, -0.15) is 0 Å². The van der Waals surface area contributed by atoms with Crippen LogP contribution in [0.1, 0.15) is 25.8 Å². The van der Waals surface area contributed by atoms with Crippen LogP contribution in [0.3, 0.4) is 0 Å². The number of aliphatic imine (C=N–C) groups is 1. The summed E-state index contributed by atoms with van der Waals surface area (Å²) in [6, 6.07) is 8.42. The maximum atomic E-state index is 4.55. The largest absolute Gasteiger partial charge is 0.365 e. The van der Waals surface area contributed by atoms with Gasteiger partial charge in [-0.15, -0.1) is 11.3 Å². The van der Waals surface area contributed by atoms with Gasteiger partial charge in [0, 0.05) is 30.4 Å². The summed E-state index contributed by atoms with van der Waals surface area (Å²) >= 11 is 1.61. The molecule has 0 amide bonds. The van der Waals surface area contributed by atoms with Gasteiger partial charge in [-0.25, -0.2) is 4.98 Å². The van der Waals surface area contributed by atoms with Crippen LogP contribution in [0, 0.1) is 0 Å². The molecular formula is C18H21N3S. The number of rotatable bonds is 6. The third-order valence-corrected chi connectivity index (χ3v) is 4.03. The molecule has 1 aromatic carbocycles. The average molecular weight is 311 g/mol. The zero-order valence-corrected chi connectivity index (χ0v) is 14.0. The van der Waals surface area contributed by atoms with E-state index in [2.05, 4.69) is 58.8 Å². The lowest BCUT2D eigenvalue weighted by molar-refractivity contribution is 1.21. The Balaban J connectivity index is 2.18. The van der Waals surface area contributed by atoms with E-state index in [0.717, 1.165) is 22.8 Å². The van der Waals surface area contributed by atoms with Crippen molar-refractivity contribution in [3.63, 3.8) is 0 Å². The minimum Gasteiger partial charge on any atom is -0.365 e. The average Bonchev–Trinajstić information content (AvgIpc) is 3.04. The molecule has 0 aliphatic heterocycles. The number of aromatic nitrogens is 1. The summed E-state index contributed by atoms with van der Waals surface area (Å²) in [4.78, 5) is 8.77. The number of hydrogen-bond donors (Lipinski definition) is 1. The zero-order chi connectivity index (χ0) is 15.8. The lowest BCUT2D eigenvalue weighted by Crippen LogP contribution is -1.87. The van der Waals surface area contributed by atoms with Gasteiger partial charge in [0.15, 0.2) is 5.13 Å². The molecule has 2 aromatic rings. The number of allylic oxidation sites excluding steroid dienone is 3. The van der Waals surface area contributed by atoms with Crippen molar-refractivity contribution in [1.82, 2.24) is 4.98 Å². The molecule has 0 aliphatic rings. The van der Waals surface area contributed by atoms with Crippen LogP contribution in [-0.2, 0) is 0 Å². The molecule has 0 atom stereocenters. The van der Waals surface area contributed by atoms with Gasteiger partial charge in [-0.05, 0) is 36.6 Å². The van der Waals surface area contributed by atoms with Crippen LogP contribution in [0.5, 0.6) is 0 Å². The Bertz CT molecular complexity index is 696. The fourth-order valence-electron chi connectivity index (χ4n) is 1.91. The fraction of sp³-hybridized carbons (Fsp3) is 0.222. The van der Waals surface area contributed by atoms with Crippen molar-refractivity contribution in [2.24, 2.45) is 4.99 Å². The predicted molar refractivity (Wildman–Crippen MR) is 98.7 cm³/mol. The maximum absolute atomic E-state index is 4.55. The Morgan fingerprint density at radius 1 is 1.41 bits per heavy atom. The number of nitrogens with one attached hydrogen (secondary N) is 1. The van der Waals surface area contributed by atoms with Crippen molar-refractivity contribution in [3.05, 3.63) is 53.6 Å². The molecule has 0 saturated heterocycles. The Kier molecular flexibility index (Phi) is 6.10. The highest BCUT2D eigenvalue weighted by molar-refractivity contribution is 7.14. The maximum Gasteiger partial charge on any atom is 0.182 e.